The second-order valence-electron chi connectivity index (χ2n) is 5.15. The summed E-state index contributed by atoms with van der Waals surface area (Å²) >= 11 is 0. The molecule has 0 aromatic carbocycles. The van der Waals surface area contributed by atoms with Gasteiger partial charge in [0.2, 0.25) is 11.8 Å². The SMILES string of the molecule is C[C@H](NC(=O)[C@@H](N)CCC(=O)O)C(=O)N1CCC[C@H]1C=O. The number of nitrogens with two attached hydrogens (primary N) is 1. The number of nitrogens with zero attached hydrogens (tertiary/aromatic N) is 1. The molecule has 0 aliphatic carbocycles. The predicted molar refractivity (Wildman–Crippen MR) is 73.2 cm³/mol. The molecule has 1 aliphatic rings. The van der Waals surface area contributed by atoms with Crippen molar-refractivity contribution in [2.24, 2.45) is 5.73 Å². The number of carboxylic acids is 1. The third-order valence-corrected chi connectivity index (χ3v) is 3.47. The van der Waals surface area contributed by atoms with E-state index in [1.807, 2.05) is 0 Å². The van der Waals surface area contributed by atoms with Gasteiger partial charge in [0, 0.05) is 13.0 Å². The van der Waals surface area contributed by atoms with Gasteiger partial charge in [-0.2, -0.15) is 0 Å². The third-order valence-electron chi connectivity index (χ3n) is 3.47. The summed E-state index contributed by atoms with van der Waals surface area (Å²) in [4.78, 5) is 46.7. The fourth-order valence-electron chi connectivity index (χ4n) is 2.25. The molecule has 8 heteroatoms. The zero-order chi connectivity index (χ0) is 16.0. The Morgan fingerprint density at radius 3 is 2.71 bits per heavy atom. The van der Waals surface area contributed by atoms with Gasteiger partial charge in [0.15, 0.2) is 0 Å². The molecule has 1 heterocycles. The summed E-state index contributed by atoms with van der Waals surface area (Å²) in [6.07, 6.45) is 1.92. The number of carbonyl (C=O) groups is 4. The van der Waals surface area contributed by atoms with Crippen LogP contribution in [0.5, 0.6) is 0 Å². The van der Waals surface area contributed by atoms with Gasteiger partial charge in [0.1, 0.15) is 12.3 Å². The molecule has 118 valence electrons. The lowest BCUT2D eigenvalue weighted by molar-refractivity contribution is -0.139. The minimum Gasteiger partial charge on any atom is -0.481 e. The molecule has 1 saturated heterocycles. The second kappa shape index (κ2) is 7.72. The number of likely N-dealkylation sites (tertiary alicyclic amines) is 1. The molecule has 2 amide bonds. The Kier molecular flexibility index (Phi) is 6.29. The van der Waals surface area contributed by atoms with Gasteiger partial charge in [-0.05, 0) is 26.2 Å². The van der Waals surface area contributed by atoms with Crippen molar-refractivity contribution in [2.45, 2.75) is 50.7 Å². The molecule has 4 N–H and O–H groups in total. The fraction of sp³-hybridized carbons (Fsp3) is 0.692. The Bertz CT molecular complexity index is 426. The highest BCUT2D eigenvalue weighted by molar-refractivity contribution is 5.90. The zero-order valence-corrected chi connectivity index (χ0v) is 11.9. The van der Waals surface area contributed by atoms with E-state index in [0.717, 1.165) is 12.7 Å². The number of carboxylic acid groups (broad SMARTS) is 1. The molecule has 1 aliphatic heterocycles. The molecule has 0 aromatic heterocycles. The summed E-state index contributed by atoms with van der Waals surface area (Å²) < 4.78 is 0. The van der Waals surface area contributed by atoms with Crippen LogP contribution in [0, 0.1) is 0 Å². The first-order valence-corrected chi connectivity index (χ1v) is 6.90. The van der Waals surface area contributed by atoms with Gasteiger partial charge < -0.3 is 25.9 Å². The Morgan fingerprint density at radius 1 is 1.48 bits per heavy atom. The molecule has 1 rings (SSSR count). The van der Waals surface area contributed by atoms with Gasteiger partial charge in [-0.1, -0.05) is 0 Å². The van der Waals surface area contributed by atoms with Crippen LogP contribution in [-0.4, -0.2) is 58.7 Å². The molecule has 0 unspecified atom stereocenters. The van der Waals surface area contributed by atoms with E-state index in [2.05, 4.69) is 5.32 Å². The van der Waals surface area contributed by atoms with Crippen molar-refractivity contribution in [3.63, 3.8) is 0 Å². The molecular formula is C13H21N3O5. The van der Waals surface area contributed by atoms with Crippen molar-refractivity contribution in [3.05, 3.63) is 0 Å². The maximum Gasteiger partial charge on any atom is 0.303 e. The topological polar surface area (TPSA) is 130 Å². The van der Waals surface area contributed by atoms with E-state index in [9.17, 15) is 19.2 Å². The van der Waals surface area contributed by atoms with E-state index in [1.165, 1.54) is 11.8 Å². The first-order valence-electron chi connectivity index (χ1n) is 6.90. The first kappa shape index (κ1) is 17.1. The second-order valence-corrected chi connectivity index (χ2v) is 5.15. The van der Waals surface area contributed by atoms with E-state index in [1.54, 1.807) is 0 Å². The third kappa shape index (κ3) is 4.82. The number of amides is 2. The predicted octanol–water partition coefficient (Wildman–Crippen LogP) is -1.13. The molecule has 8 nitrogen and oxygen atoms in total. The van der Waals surface area contributed by atoms with Gasteiger partial charge >= 0.3 is 5.97 Å². The van der Waals surface area contributed by atoms with Crippen molar-refractivity contribution < 1.29 is 24.3 Å². The van der Waals surface area contributed by atoms with E-state index in [4.69, 9.17) is 10.8 Å². The minimum atomic E-state index is -1.03. The van der Waals surface area contributed by atoms with E-state index >= 15 is 0 Å². The van der Waals surface area contributed by atoms with Crippen molar-refractivity contribution in [1.82, 2.24) is 10.2 Å². The molecule has 0 spiro atoms. The number of aldehydes is 1. The van der Waals surface area contributed by atoms with Crippen molar-refractivity contribution in [1.29, 1.82) is 0 Å². The monoisotopic (exact) mass is 299 g/mol. The van der Waals surface area contributed by atoms with E-state index in [-0.39, 0.29) is 18.7 Å². The highest BCUT2D eigenvalue weighted by Crippen LogP contribution is 2.16. The van der Waals surface area contributed by atoms with Gasteiger partial charge in [0.05, 0.1) is 12.1 Å². The van der Waals surface area contributed by atoms with Crippen LogP contribution in [0.1, 0.15) is 32.6 Å². The Morgan fingerprint density at radius 2 is 2.14 bits per heavy atom. The lowest BCUT2D eigenvalue weighted by atomic mass is 10.1. The number of aliphatic carboxylic acids is 1. The molecule has 0 radical (unpaired) electrons. The minimum absolute atomic E-state index is 0.00273. The van der Waals surface area contributed by atoms with Crippen LogP contribution in [0.3, 0.4) is 0 Å². The zero-order valence-electron chi connectivity index (χ0n) is 11.9. The van der Waals surface area contributed by atoms with Crippen molar-refractivity contribution in [3.8, 4) is 0 Å². The molecule has 0 saturated carbocycles. The smallest absolute Gasteiger partial charge is 0.303 e. The van der Waals surface area contributed by atoms with Crippen LogP contribution in [0.2, 0.25) is 0 Å². The van der Waals surface area contributed by atoms with Crippen LogP contribution in [0.4, 0.5) is 0 Å². The van der Waals surface area contributed by atoms with Gasteiger partial charge in [-0.15, -0.1) is 0 Å². The van der Waals surface area contributed by atoms with Gasteiger partial charge in [0.25, 0.3) is 0 Å². The Hall–Kier alpha value is -1.96. The molecular weight excluding hydrogens is 278 g/mol. The summed E-state index contributed by atoms with van der Waals surface area (Å²) in [5.41, 5.74) is 5.56. The molecule has 1 fully saturated rings. The van der Waals surface area contributed by atoms with Crippen molar-refractivity contribution in [2.75, 3.05) is 6.54 Å². The van der Waals surface area contributed by atoms with Crippen LogP contribution in [-0.2, 0) is 19.2 Å². The fourth-order valence-corrected chi connectivity index (χ4v) is 2.25. The highest BCUT2D eigenvalue weighted by atomic mass is 16.4. The number of rotatable bonds is 7. The van der Waals surface area contributed by atoms with Gasteiger partial charge in [-0.3, -0.25) is 14.4 Å². The average molecular weight is 299 g/mol. The molecule has 0 aromatic rings. The lowest BCUT2D eigenvalue weighted by Crippen LogP contribution is -2.52. The summed E-state index contributed by atoms with van der Waals surface area (Å²) in [6.45, 7) is 2.01. The summed E-state index contributed by atoms with van der Waals surface area (Å²) in [7, 11) is 0. The normalized spacial score (nSPS) is 20.7. The van der Waals surface area contributed by atoms with E-state index in [0.29, 0.717) is 13.0 Å². The number of hydrogen-bond acceptors (Lipinski definition) is 5. The largest absolute Gasteiger partial charge is 0.481 e. The number of hydrogen-bond donors (Lipinski definition) is 3. The standard InChI is InChI=1S/C13H21N3O5/c1-8(13(21)16-6-2-3-9(16)7-17)15-12(20)10(14)4-5-11(18)19/h7-10H,2-6,14H2,1H3,(H,15,20)(H,18,19)/t8-,9-,10-/m0/s1. The number of carbonyl (C=O) groups excluding carboxylic acids is 3. The van der Waals surface area contributed by atoms with Gasteiger partial charge in [-0.25, -0.2) is 0 Å². The summed E-state index contributed by atoms with van der Waals surface area (Å²) in [5, 5.41) is 11.0. The average Bonchev–Trinajstić information content (AvgIpc) is 2.91. The molecule has 21 heavy (non-hydrogen) atoms. The Balaban J connectivity index is 2.49. The van der Waals surface area contributed by atoms with Crippen molar-refractivity contribution >= 4 is 24.1 Å². The summed E-state index contributed by atoms with van der Waals surface area (Å²) in [5.74, 6) is -1.93. The van der Waals surface area contributed by atoms with Crippen LogP contribution >= 0.6 is 0 Å². The quantitative estimate of drug-likeness (QED) is 0.510. The highest BCUT2D eigenvalue weighted by Gasteiger charge is 2.32. The first-order chi connectivity index (χ1) is 9.86. The maximum atomic E-state index is 12.2. The molecule has 0 bridgehead atoms. The number of nitrogens with one attached hydrogen (secondary N) is 1. The van der Waals surface area contributed by atoms with Crippen LogP contribution < -0.4 is 11.1 Å². The lowest BCUT2D eigenvalue weighted by Gasteiger charge is -2.25. The van der Waals surface area contributed by atoms with E-state index < -0.39 is 30.0 Å². The molecule has 3 atom stereocenters. The van der Waals surface area contributed by atoms with Crippen LogP contribution in [0.25, 0.3) is 0 Å². The Labute approximate surface area is 122 Å². The van der Waals surface area contributed by atoms with Crippen LogP contribution in [0.15, 0.2) is 0 Å². The summed E-state index contributed by atoms with van der Waals surface area (Å²) in [6, 6.07) is -2.21. The maximum absolute atomic E-state index is 12.2.